The third kappa shape index (κ3) is 2.98. The maximum atomic E-state index is 3.76. The van der Waals surface area contributed by atoms with E-state index < -0.39 is 0 Å². The minimum Gasteiger partial charge on any atom is -0.314 e. The second-order valence-corrected chi connectivity index (χ2v) is 5.68. The Morgan fingerprint density at radius 1 is 1.07 bits per heavy atom. The highest BCUT2D eigenvalue weighted by Crippen LogP contribution is 2.36. The van der Waals surface area contributed by atoms with Crippen molar-refractivity contribution in [3.63, 3.8) is 0 Å². The molecule has 14 heavy (non-hydrogen) atoms. The molecule has 0 aliphatic heterocycles. The van der Waals surface area contributed by atoms with E-state index in [1.165, 1.54) is 45.1 Å². The summed E-state index contributed by atoms with van der Waals surface area (Å²) in [4.78, 5) is 0. The van der Waals surface area contributed by atoms with Gasteiger partial charge in [-0.2, -0.15) is 0 Å². The molecule has 0 heterocycles. The SMILES string of the molecule is CC1CCC(NCC(C)C2CC2)CC1. The smallest absolute Gasteiger partial charge is 0.00673 e. The number of nitrogens with one attached hydrogen (secondary N) is 1. The third-order valence-electron chi connectivity index (χ3n) is 4.17. The van der Waals surface area contributed by atoms with Crippen LogP contribution in [0.15, 0.2) is 0 Å². The molecule has 2 saturated carbocycles. The van der Waals surface area contributed by atoms with Crippen molar-refractivity contribution in [3.05, 3.63) is 0 Å². The highest BCUT2D eigenvalue weighted by atomic mass is 14.9. The Morgan fingerprint density at radius 2 is 1.71 bits per heavy atom. The van der Waals surface area contributed by atoms with Gasteiger partial charge in [0.2, 0.25) is 0 Å². The summed E-state index contributed by atoms with van der Waals surface area (Å²) in [6, 6.07) is 0.840. The van der Waals surface area contributed by atoms with E-state index in [1.54, 1.807) is 0 Å². The molecule has 2 rings (SSSR count). The Hall–Kier alpha value is -0.0400. The van der Waals surface area contributed by atoms with Crippen molar-refractivity contribution in [2.75, 3.05) is 6.54 Å². The molecule has 1 N–H and O–H groups in total. The van der Waals surface area contributed by atoms with Gasteiger partial charge >= 0.3 is 0 Å². The molecule has 1 nitrogen and oxygen atoms in total. The van der Waals surface area contributed by atoms with E-state index in [9.17, 15) is 0 Å². The topological polar surface area (TPSA) is 12.0 Å². The van der Waals surface area contributed by atoms with Crippen molar-refractivity contribution < 1.29 is 0 Å². The summed E-state index contributed by atoms with van der Waals surface area (Å²) in [5, 5.41) is 3.76. The minimum atomic E-state index is 0.840. The fourth-order valence-corrected chi connectivity index (χ4v) is 2.65. The average Bonchev–Trinajstić information content (AvgIpc) is 3.00. The maximum Gasteiger partial charge on any atom is 0.00673 e. The van der Waals surface area contributed by atoms with Crippen molar-refractivity contribution in [2.24, 2.45) is 17.8 Å². The predicted octanol–water partition coefficient (Wildman–Crippen LogP) is 3.20. The molecule has 0 bridgehead atoms. The molecule has 0 aromatic heterocycles. The maximum absolute atomic E-state index is 3.76. The molecule has 82 valence electrons. The predicted molar refractivity (Wildman–Crippen MR) is 61.3 cm³/mol. The van der Waals surface area contributed by atoms with Gasteiger partial charge in [0.25, 0.3) is 0 Å². The van der Waals surface area contributed by atoms with Gasteiger partial charge in [0, 0.05) is 6.04 Å². The second kappa shape index (κ2) is 4.65. The Labute approximate surface area is 88.7 Å². The first-order chi connectivity index (χ1) is 6.75. The molecule has 1 unspecified atom stereocenters. The molecular formula is C13H25N. The lowest BCUT2D eigenvalue weighted by molar-refractivity contribution is 0.292. The van der Waals surface area contributed by atoms with E-state index in [1.807, 2.05) is 0 Å². The lowest BCUT2D eigenvalue weighted by Crippen LogP contribution is -2.35. The zero-order valence-corrected chi connectivity index (χ0v) is 9.76. The van der Waals surface area contributed by atoms with Crippen LogP contribution in [-0.4, -0.2) is 12.6 Å². The largest absolute Gasteiger partial charge is 0.314 e. The first-order valence-corrected chi connectivity index (χ1v) is 6.49. The van der Waals surface area contributed by atoms with E-state index in [4.69, 9.17) is 0 Å². The van der Waals surface area contributed by atoms with E-state index >= 15 is 0 Å². The first-order valence-electron chi connectivity index (χ1n) is 6.49. The second-order valence-electron chi connectivity index (χ2n) is 5.68. The summed E-state index contributed by atoms with van der Waals surface area (Å²) in [5.41, 5.74) is 0. The molecule has 1 heteroatoms. The fourth-order valence-electron chi connectivity index (χ4n) is 2.65. The van der Waals surface area contributed by atoms with Crippen LogP contribution in [0.25, 0.3) is 0 Å². The molecule has 0 spiro atoms. The highest BCUT2D eigenvalue weighted by molar-refractivity contribution is 4.82. The molecule has 2 fully saturated rings. The standard InChI is InChI=1S/C13H25N/c1-10-3-7-13(8-4-10)14-9-11(2)12-5-6-12/h10-14H,3-9H2,1-2H3. The summed E-state index contributed by atoms with van der Waals surface area (Å²) < 4.78 is 0. The fraction of sp³-hybridized carbons (Fsp3) is 1.00. The van der Waals surface area contributed by atoms with Crippen LogP contribution in [0.5, 0.6) is 0 Å². The Bertz CT molecular complexity index is 166. The zero-order valence-electron chi connectivity index (χ0n) is 9.76. The van der Waals surface area contributed by atoms with Crippen molar-refractivity contribution in [1.82, 2.24) is 5.32 Å². The van der Waals surface area contributed by atoms with Gasteiger partial charge in [0.1, 0.15) is 0 Å². The quantitative estimate of drug-likeness (QED) is 0.726. The number of hydrogen-bond acceptors (Lipinski definition) is 1. The minimum absolute atomic E-state index is 0.840. The molecule has 0 aromatic carbocycles. The summed E-state index contributed by atoms with van der Waals surface area (Å²) in [6.07, 6.45) is 8.69. The van der Waals surface area contributed by atoms with Crippen molar-refractivity contribution in [2.45, 2.75) is 58.4 Å². The van der Waals surface area contributed by atoms with E-state index in [0.717, 1.165) is 23.8 Å². The Morgan fingerprint density at radius 3 is 2.29 bits per heavy atom. The van der Waals surface area contributed by atoms with Gasteiger partial charge in [-0.25, -0.2) is 0 Å². The normalized spacial score (nSPS) is 35.6. The summed E-state index contributed by atoms with van der Waals surface area (Å²) >= 11 is 0. The van der Waals surface area contributed by atoms with Crippen LogP contribution < -0.4 is 5.32 Å². The van der Waals surface area contributed by atoms with E-state index in [0.29, 0.717) is 0 Å². The van der Waals surface area contributed by atoms with Crippen LogP contribution in [0.4, 0.5) is 0 Å². The molecule has 0 amide bonds. The number of hydrogen-bond donors (Lipinski definition) is 1. The molecule has 1 atom stereocenters. The third-order valence-corrected chi connectivity index (χ3v) is 4.17. The van der Waals surface area contributed by atoms with Crippen LogP contribution in [0, 0.1) is 17.8 Å². The van der Waals surface area contributed by atoms with Gasteiger partial charge in [0.05, 0.1) is 0 Å². The monoisotopic (exact) mass is 195 g/mol. The molecule has 2 aliphatic carbocycles. The van der Waals surface area contributed by atoms with Crippen LogP contribution in [-0.2, 0) is 0 Å². The molecule has 0 radical (unpaired) electrons. The van der Waals surface area contributed by atoms with Crippen molar-refractivity contribution in [3.8, 4) is 0 Å². The van der Waals surface area contributed by atoms with Gasteiger partial charge < -0.3 is 5.32 Å². The van der Waals surface area contributed by atoms with Crippen LogP contribution in [0.3, 0.4) is 0 Å². The Kier molecular flexibility index (Phi) is 3.48. The summed E-state index contributed by atoms with van der Waals surface area (Å²) in [5.74, 6) is 2.97. The lowest BCUT2D eigenvalue weighted by atomic mass is 9.87. The lowest BCUT2D eigenvalue weighted by Gasteiger charge is -2.28. The van der Waals surface area contributed by atoms with Crippen molar-refractivity contribution in [1.29, 1.82) is 0 Å². The highest BCUT2D eigenvalue weighted by Gasteiger charge is 2.28. The van der Waals surface area contributed by atoms with E-state index in [2.05, 4.69) is 19.2 Å². The van der Waals surface area contributed by atoms with Crippen molar-refractivity contribution >= 4 is 0 Å². The van der Waals surface area contributed by atoms with Crippen LogP contribution in [0.1, 0.15) is 52.4 Å². The molecule has 0 aromatic rings. The Balaban J connectivity index is 1.60. The van der Waals surface area contributed by atoms with E-state index in [-0.39, 0.29) is 0 Å². The average molecular weight is 195 g/mol. The molecule has 2 aliphatic rings. The van der Waals surface area contributed by atoms with Crippen LogP contribution in [0.2, 0.25) is 0 Å². The van der Waals surface area contributed by atoms with Gasteiger partial charge in [0.15, 0.2) is 0 Å². The summed E-state index contributed by atoms with van der Waals surface area (Å²) in [6.45, 7) is 6.07. The first kappa shape index (κ1) is 10.5. The van der Waals surface area contributed by atoms with Crippen LogP contribution >= 0.6 is 0 Å². The van der Waals surface area contributed by atoms with Gasteiger partial charge in [-0.15, -0.1) is 0 Å². The van der Waals surface area contributed by atoms with Gasteiger partial charge in [-0.3, -0.25) is 0 Å². The van der Waals surface area contributed by atoms with Gasteiger partial charge in [-0.1, -0.05) is 13.8 Å². The zero-order chi connectivity index (χ0) is 9.97. The number of rotatable bonds is 4. The summed E-state index contributed by atoms with van der Waals surface area (Å²) in [7, 11) is 0. The van der Waals surface area contributed by atoms with Gasteiger partial charge in [-0.05, 0) is 62.8 Å². The molecular weight excluding hydrogens is 170 g/mol. The molecule has 0 saturated heterocycles.